The molecule has 0 saturated carbocycles. The van der Waals surface area contributed by atoms with E-state index >= 15 is 0 Å². The van der Waals surface area contributed by atoms with Crippen LogP contribution in [0.3, 0.4) is 0 Å². The molecule has 2 aromatic carbocycles. The highest BCUT2D eigenvalue weighted by molar-refractivity contribution is 7.98. The molecule has 0 aromatic heterocycles. The molecule has 3 rings (SSSR count). The molecule has 6 heteroatoms. The quantitative estimate of drug-likeness (QED) is 0.809. The van der Waals surface area contributed by atoms with Crippen LogP contribution in [-0.4, -0.2) is 24.6 Å². The number of nitrogens with zero attached hydrogens (tertiary/aromatic N) is 1. The van der Waals surface area contributed by atoms with Gasteiger partial charge in [-0.2, -0.15) is 0 Å². The highest BCUT2D eigenvalue weighted by Crippen LogP contribution is 2.29. The average Bonchev–Trinajstić information content (AvgIpc) is 2.99. The summed E-state index contributed by atoms with van der Waals surface area (Å²) in [4.78, 5) is 27.7. The van der Waals surface area contributed by atoms with Gasteiger partial charge in [0.15, 0.2) is 0 Å². The number of halogens is 1. The monoisotopic (exact) mass is 374 g/mol. The Morgan fingerprint density at radius 1 is 1.28 bits per heavy atom. The van der Waals surface area contributed by atoms with Crippen molar-refractivity contribution >= 4 is 46.6 Å². The number of carbonyl (C=O) groups excluding carboxylic acids is 2. The molecule has 0 bridgehead atoms. The maximum atomic E-state index is 12.6. The maximum absolute atomic E-state index is 12.6. The summed E-state index contributed by atoms with van der Waals surface area (Å²) >= 11 is 7.57. The fourth-order valence-electron chi connectivity index (χ4n) is 2.91. The lowest BCUT2D eigenvalue weighted by molar-refractivity contribution is -0.122. The summed E-state index contributed by atoms with van der Waals surface area (Å²) in [5.74, 6) is -0.519. The number of carbonyl (C=O) groups is 2. The van der Waals surface area contributed by atoms with Crippen molar-refractivity contribution in [3.8, 4) is 0 Å². The highest BCUT2D eigenvalue weighted by Gasteiger charge is 2.35. The summed E-state index contributed by atoms with van der Waals surface area (Å²) in [5, 5.41) is 3.54. The Kier molecular flexibility index (Phi) is 5.35. The summed E-state index contributed by atoms with van der Waals surface area (Å²) in [6, 6.07) is 13.1. The second-order valence-electron chi connectivity index (χ2n) is 6.06. The van der Waals surface area contributed by atoms with Crippen molar-refractivity contribution in [3.63, 3.8) is 0 Å². The van der Waals surface area contributed by atoms with Crippen molar-refractivity contribution in [2.75, 3.05) is 23.0 Å². The second kappa shape index (κ2) is 7.50. The number of anilines is 2. The number of amides is 2. The van der Waals surface area contributed by atoms with Gasteiger partial charge >= 0.3 is 0 Å². The molecule has 0 spiro atoms. The van der Waals surface area contributed by atoms with E-state index in [-0.39, 0.29) is 24.2 Å². The fraction of sp³-hybridized carbons (Fsp3) is 0.263. The van der Waals surface area contributed by atoms with Crippen LogP contribution in [0.15, 0.2) is 47.4 Å². The van der Waals surface area contributed by atoms with Crippen molar-refractivity contribution in [1.82, 2.24) is 0 Å². The summed E-state index contributed by atoms with van der Waals surface area (Å²) in [6.45, 7) is 2.29. The molecule has 1 saturated heterocycles. The maximum Gasteiger partial charge on any atom is 0.229 e. The third kappa shape index (κ3) is 3.99. The summed E-state index contributed by atoms with van der Waals surface area (Å²) in [6.07, 6.45) is 2.22. The lowest BCUT2D eigenvalue weighted by Crippen LogP contribution is -2.28. The van der Waals surface area contributed by atoms with Gasteiger partial charge in [0, 0.05) is 34.3 Å². The third-order valence-electron chi connectivity index (χ3n) is 4.31. The minimum Gasteiger partial charge on any atom is -0.326 e. The molecule has 2 amide bonds. The van der Waals surface area contributed by atoms with E-state index in [0.717, 1.165) is 21.8 Å². The van der Waals surface area contributed by atoms with Crippen molar-refractivity contribution in [2.24, 2.45) is 5.92 Å². The van der Waals surface area contributed by atoms with Crippen LogP contribution in [0.1, 0.15) is 12.0 Å². The molecule has 1 unspecified atom stereocenters. The highest BCUT2D eigenvalue weighted by atomic mass is 35.5. The molecule has 1 aliphatic rings. The van der Waals surface area contributed by atoms with Crippen molar-refractivity contribution in [3.05, 3.63) is 53.1 Å². The molecule has 1 fully saturated rings. The lowest BCUT2D eigenvalue weighted by atomic mass is 10.1. The van der Waals surface area contributed by atoms with Crippen LogP contribution in [0.5, 0.6) is 0 Å². The topological polar surface area (TPSA) is 49.4 Å². The lowest BCUT2D eigenvalue weighted by Gasteiger charge is -2.17. The number of aryl methyl sites for hydroxylation is 1. The number of rotatable bonds is 4. The van der Waals surface area contributed by atoms with E-state index in [1.807, 2.05) is 37.4 Å². The molecule has 1 N–H and O–H groups in total. The van der Waals surface area contributed by atoms with Gasteiger partial charge in [0.05, 0.1) is 5.92 Å². The SMILES string of the molecule is CSc1cccc(N2CC(C(=O)Nc3ccc(Cl)cc3C)CC2=O)c1. The Balaban J connectivity index is 1.72. The zero-order chi connectivity index (χ0) is 18.0. The molecule has 1 heterocycles. The fourth-order valence-corrected chi connectivity index (χ4v) is 3.59. The van der Waals surface area contributed by atoms with Crippen LogP contribution >= 0.6 is 23.4 Å². The molecule has 0 aliphatic carbocycles. The third-order valence-corrected chi connectivity index (χ3v) is 5.27. The van der Waals surface area contributed by atoms with Gasteiger partial charge < -0.3 is 10.2 Å². The van der Waals surface area contributed by atoms with E-state index in [1.54, 1.807) is 34.9 Å². The van der Waals surface area contributed by atoms with E-state index in [0.29, 0.717) is 11.6 Å². The first kappa shape index (κ1) is 17.8. The van der Waals surface area contributed by atoms with Gasteiger partial charge in [-0.3, -0.25) is 9.59 Å². The van der Waals surface area contributed by atoms with Crippen molar-refractivity contribution in [1.29, 1.82) is 0 Å². The molecular formula is C19H19ClN2O2S. The number of benzene rings is 2. The minimum atomic E-state index is -0.361. The molecule has 25 heavy (non-hydrogen) atoms. The van der Waals surface area contributed by atoms with Crippen LogP contribution < -0.4 is 10.2 Å². The molecule has 1 aliphatic heterocycles. The van der Waals surface area contributed by atoms with Crippen LogP contribution in [-0.2, 0) is 9.59 Å². The zero-order valence-corrected chi connectivity index (χ0v) is 15.7. The predicted molar refractivity (Wildman–Crippen MR) is 104 cm³/mol. The summed E-state index contributed by atoms with van der Waals surface area (Å²) in [7, 11) is 0. The molecule has 4 nitrogen and oxygen atoms in total. The van der Waals surface area contributed by atoms with E-state index in [1.165, 1.54) is 0 Å². The van der Waals surface area contributed by atoms with Gasteiger partial charge in [0.25, 0.3) is 0 Å². The number of nitrogens with one attached hydrogen (secondary N) is 1. The van der Waals surface area contributed by atoms with Gasteiger partial charge in [0.1, 0.15) is 0 Å². The summed E-state index contributed by atoms with van der Waals surface area (Å²) in [5.41, 5.74) is 2.47. The van der Waals surface area contributed by atoms with Crippen LogP contribution in [0, 0.1) is 12.8 Å². The number of hydrogen-bond acceptors (Lipinski definition) is 3. The van der Waals surface area contributed by atoms with Gasteiger partial charge in [-0.05, 0) is 55.1 Å². The Bertz CT molecular complexity index is 825. The van der Waals surface area contributed by atoms with Crippen molar-refractivity contribution < 1.29 is 9.59 Å². The first-order valence-corrected chi connectivity index (χ1v) is 9.59. The minimum absolute atomic E-state index is 0.0220. The predicted octanol–water partition coefficient (Wildman–Crippen LogP) is 4.36. The van der Waals surface area contributed by atoms with Crippen LogP contribution in [0.25, 0.3) is 0 Å². The zero-order valence-electron chi connectivity index (χ0n) is 14.1. The number of thioether (sulfide) groups is 1. The van der Waals surface area contributed by atoms with Crippen LogP contribution in [0.4, 0.5) is 11.4 Å². The Morgan fingerprint density at radius 2 is 2.08 bits per heavy atom. The van der Waals surface area contributed by atoms with Crippen LogP contribution in [0.2, 0.25) is 5.02 Å². The molecule has 130 valence electrons. The Hall–Kier alpha value is -1.98. The smallest absolute Gasteiger partial charge is 0.229 e. The Labute approximate surface area is 156 Å². The van der Waals surface area contributed by atoms with Crippen molar-refractivity contribution in [2.45, 2.75) is 18.2 Å². The molecule has 2 aromatic rings. The van der Waals surface area contributed by atoms with Gasteiger partial charge in [-0.15, -0.1) is 11.8 Å². The van der Waals surface area contributed by atoms with E-state index in [4.69, 9.17) is 11.6 Å². The van der Waals surface area contributed by atoms with E-state index < -0.39 is 0 Å². The normalized spacial score (nSPS) is 17.0. The first-order chi connectivity index (χ1) is 12.0. The van der Waals surface area contributed by atoms with Gasteiger partial charge in [-0.1, -0.05) is 17.7 Å². The van der Waals surface area contributed by atoms with Gasteiger partial charge in [0.2, 0.25) is 11.8 Å². The first-order valence-electron chi connectivity index (χ1n) is 7.99. The Morgan fingerprint density at radius 3 is 2.80 bits per heavy atom. The summed E-state index contributed by atoms with van der Waals surface area (Å²) < 4.78 is 0. The van der Waals surface area contributed by atoms with E-state index in [9.17, 15) is 9.59 Å². The van der Waals surface area contributed by atoms with Gasteiger partial charge in [-0.25, -0.2) is 0 Å². The average molecular weight is 375 g/mol. The second-order valence-corrected chi connectivity index (χ2v) is 7.37. The molecular weight excluding hydrogens is 356 g/mol. The van der Waals surface area contributed by atoms with E-state index in [2.05, 4.69) is 5.32 Å². The molecule has 1 atom stereocenters. The standard InChI is InChI=1S/C19H19ClN2O2S/c1-12-8-14(20)6-7-17(12)21-19(24)13-9-18(23)22(11-13)15-4-3-5-16(10-15)25-2/h3-8,10,13H,9,11H2,1-2H3,(H,21,24). The molecule has 0 radical (unpaired) electrons. The number of hydrogen-bond donors (Lipinski definition) is 1. The largest absolute Gasteiger partial charge is 0.326 e.